The summed E-state index contributed by atoms with van der Waals surface area (Å²) in [5.74, 6) is 0. The average Bonchev–Trinajstić information content (AvgIpc) is 2.64. The third kappa shape index (κ3) is 3.48. The van der Waals surface area contributed by atoms with Gasteiger partial charge in [0, 0.05) is 18.5 Å². The van der Waals surface area contributed by atoms with Crippen LogP contribution in [0.4, 0.5) is 4.79 Å². The fourth-order valence-electron chi connectivity index (χ4n) is 2.22. The van der Waals surface area contributed by atoms with E-state index in [9.17, 15) is 4.79 Å². The summed E-state index contributed by atoms with van der Waals surface area (Å²) < 4.78 is 5.31. The van der Waals surface area contributed by atoms with Gasteiger partial charge in [-0.2, -0.15) is 0 Å². The predicted molar refractivity (Wildman–Crippen MR) is 70.0 cm³/mol. The molecule has 1 spiro atoms. The Morgan fingerprint density at radius 2 is 1.88 bits per heavy atom. The Kier molecular flexibility index (Phi) is 4.23. The van der Waals surface area contributed by atoms with Gasteiger partial charge in [-0.05, 0) is 33.6 Å². The standard InChI is InChI=1S/C12H19NO2.C2H6/c1-11(2,3)15-10(14)13-8-12(9-13)6-4-5-7-12;1-2/h4,6H,5,7-9H2,1-3H3;1-2H3. The molecule has 0 saturated carbocycles. The lowest BCUT2D eigenvalue weighted by Crippen LogP contribution is -2.57. The maximum absolute atomic E-state index is 11.7. The van der Waals surface area contributed by atoms with Crippen LogP contribution in [0.25, 0.3) is 0 Å². The van der Waals surface area contributed by atoms with E-state index in [0.29, 0.717) is 0 Å². The summed E-state index contributed by atoms with van der Waals surface area (Å²) in [5.41, 5.74) is -0.0950. The number of carbonyl (C=O) groups excluding carboxylic acids is 1. The molecule has 0 bridgehead atoms. The van der Waals surface area contributed by atoms with Crippen molar-refractivity contribution in [3.63, 3.8) is 0 Å². The fourth-order valence-corrected chi connectivity index (χ4v) is 2.22. The van der Waals surface area contributed by atoms with Gasteiger partial charge in [-0.15, -0.1) is 0 Å². The summed E-state index contributed by atoms with van der Waals surface area (Å²) >= 11 is 0. The Morgan fingerprint density at radius 3 is 2.29 bits per heavy atom. The lowest BCUT2D eigenvalue weighted by molar-refractivity contribution is -0.0183. The van der Waals surface area contributed by atoms with E-state index < -0.39 is 0 Å². The van der Waals surface area contributed by atoms with Crippen molar-refractivity contribution in [3.8, 4) is 0 Å². The van der Waals surface area contributed by atoms with Crippen LogP contribution in [-0.2, 0) is 4.74 Å². The Balaban J connectivity index is 0.000000686. The minimum Gasteiger partial charge on any atom is -0.444 e. The monoisotopic (exact) mass is 239 g/mol. The van der Waals surface area contributed by atoms with Crippen molar-refractivity contribution in [2.75, 3.05) is 13.1 Å². The van der Waals surface area contributed by atoms with E-state index in [-0.39, 0.29) is 17.1 Å². The molecule has 0 unspecified atom stereocenters. The van der Waals surface area contributed by atoms with E-state index in [0.717, 1.165) is 19.5 Å². The maximum Gasteiger partial charge on any atom is 0.410 e. The van der Waals surface area contributed by atoms with Gasteiger partial charge >= 0.3 is 6.09 Å². The van der Waals surface area contributed by atoms with Crippen LogP contribution in [0, 0.1) is 5.41 Å². The third-order valence-electron chi connectivity index (χ3n) is 2.94. The highest BCUT2D eigenvalue weighted by Crippen LogP contribution is 2.41. The Bertz CT molecular complexity index is 296. The van der Waals surface area contributed by atoms with Crippen LogP contribution in [0.15, 0.2) is 12.2 Å². The highest BCUT2D eigenvalue weighted by atomic mass is 16.6. The lowest BCUT2D eigenvalue weighted by Gasteiger charge is -2.47. The normalized spacial score (nSPS) is 20.6. The zero-order valence-electron chi connectivity index (χ0n) is 11.7. The summed E-state index contributed by atoms with van der Waals surface area (Å²) in [7, 11) is 0. The summed E-state index contributed by atoms with van der Waals surface area (Å²) in [6.45, 7) is 11.4. The maximum atomic E-state index is 11.7. The zero-order valence-corrected chi connectivity index (χ0v) is 11.7. The van der Waals surface area contributed by atoms with Gasteiger partial charge in [-0.3, -0.25) is 0 Å². The zero-order chi connectivity index (χ0) is 13.1. The molecule has 0 aromatic rings. The van der Waals surface area contributed by atoms with E-state index in [4.69, 9.17) is 4.74 Å². The van der Waals surface area contributed by atoms with E-state index in [1.807, 2.05) is 34.6 Å². The largest absolute Gasteiger partial charge is 0.444 e. The van der Waals surface area contributed by atoms with Crippen molar-refractivity contribution in [2.45, 2.75) is 53.1 Å². The highest BCUT2D eigenvalue weighted by Gasteiger charge is 2.45. The van der Waals surface area contributed by atoms with Gasteiger partial charge in [-0.25, -0.2) is 4.79 Å². The van der Waals surface area contributed by atoms with Crippen LogP contribution >= 0.6 is 0 Å². The van der Waals surface area contributed by atoms with Crippen molar-refractivity contribution in [1.82, 2.24) is 4.90 Å². The number of likely N-dealkylation sites (tertiary alicyclic amines) is 1. The average molecular weight is 239 g/mol. The number of nitrogens with zero attached hydrogens (tertiary/aromatic N) is 1. The number of allylic oxidation sites excluding steroid dienone is 1. The molecule has 0 N–H and O–H groups in total. The number of ether oxygens (including phenoxy) is 1. The van der Waals surface area contributed by atoms with Gasteiger partial charge in [0.15, 0.2) is 0 Å². The van der Waals surface area contributed by atoms with Crippen molar-refractivity contribution in [2.24, 2.45) is 5.41 Å². The smallest absolute Gasteiger partial charge is 0.410 e. The van der Waals surface area contributed by atoms with Crippen molar-refractivity contribution < 1.29 is 9.53 Å². The fraction of sp³-hybridized carbons (Fsp3) is 0.786. The quantitative estimate of drug-likeness (QED) is 0.604. The van der Waals surface area contributed by atoms with Gasteiger partial charge in [0.25, 0.3) is 0 Å². The molecule has 1 saturated heterocycles. The lowest BCUT2D eigenvalue weighted by atomic mass is 9.80. The Labute approximate surface area is 105 Å². The first-order valence-electron chi connectivity index (χ1n) is 6.56. The van der Waals surface area contributed by atoms with Gasteiger partial charge in [0.1, 0.15) is 5.60 Å². The summed E-state index contributed by atoms with van der Waals surface area (Å²) in [6.07, 6.45) is 6.64. The molecule has 0 aromatic carbocycles. The molecular formula is C14H25NO2. The predicted octanol–water partition coefficient (Wildman–Crippen LogP) is 3.60. The molecule has 1 aliphatic carbocycles. The van der Waals surface area contributed by atoms with Crippen LogP contribution in [0.1, 0.15) is 47.5 Å². The van der Waals surface area contributed by atoms with Gasteiger partial charge in [0.2, 0.25) is 0 Å². The molecule has 3 nitrogen and oxygen atoms in total. The van der Waals surface area contributed by atoms with E-state index >= 15 is 0 Å². The SMILES string of the molecule is CC.CC(C)(C)OC(=O)N1CC2(C=CCC2)C1. The molecule has 3 heteroatoms. The second kappa shape index (κ2) is 5.11. The summed E-state index contributed by atoms with van der Waals surface area (Å²) in [4.78, 5) is 13.5. The first kappa shape index (κ1) is 14.1. The van der Waals surface area contributed by atoms with Gasteiger partial charge in [0.05, 0.1) is 0 Å². The number of amides is 1. The van der Waals surface area contributed by atoms with Gasteiger partial charge < -0.3 is 9.64 Å². The van der Waals surface area contributed by atoms with Crippen LogP contribution in [0.5, 0.6) is 0 Å². The molecule has 2 aliphatic rings. The van der Waals surface area contributed by atoms with E-state index in [1.165, 1.54) is 6.42 Å². The molecule has 1 amide bonds. The number of carbonyl (C=O) groups is 1. The molecule has 1 fully saturated rings. The number of hydrogen-bond donors (Lipinski definition) is 0. The highest BCUT2D eigenvalue weighted by molar-refractivity contribution is 5.69. The minimum atomic E-state index is -0.384. The van der Waals surface area contributed by atoms with E-state index in [1.54, 1.807) is 4.90 Å². The second-order valence-electron chi connectivity index (χ2n) is 5.64. The summed E-state index contributed by atoms with van der Waals surface area (Å²) in [5, 5.41) is 0. The van der Waals surface area contributed by atoms with Crippen molar-refractivity contribution in [1.29, 1.82) is 0 Å². The minimum absolute atomic E-state index is 0.173. The first-order chi connectivity index (χ1) is 7.90. The Morgan fingerprint density at radius 1 is 1.29 bits per heavy atom. The second-order valence-corrected chi connectivity index (χ2v) is 5.64. The van der Waals surface area contributed by atoms with E-state index in [2.05, 4.69) is 12.2 Å². The molecule has 1 heterocycles. The van der Waals surface area contributed by atoms with Crippen molar-refractivity contribution in [3.05, 3.63) is 12.2 Å². The Hall–Kier alpha value is -0.990. The molecule has 0 aromatic heterocycles. The van der Waals surface area contributed by atoms with Gasteiger partial charge in [-0.1, -0.05) is 26.0 Å². The van der Waals surface area contributed by atoms with Crippen molar-refractivity contribution >= 4 is 6.09 Å². The molecule has 2 rings (SSSR count). The van der Waals surface area contributed by atoms with Crippen LogP contribution in [-0.4, -0.2) is 29.7 Å². The molecular weight excluding hydrogens is 214 g/mol. The van der Waals surface area contributed by atoms with Crippen LogP contribution in [0.2, 0.25) is 0 Å². The van der Waals surface area contributed by atoms with Crippen LogP contribution in [0.3, 0.4) is 0 Å². The molecule has 0 radical (unpaired) electrons. The first-order valence-corrected chi connectivity index (χ1v) is 6.56. The van der Waals surface area contributed by atoms with Crippen LogP contribution < -0.4 is 0 Å². The summed E-state index contributed by atoms with van der Waals surface area (Å²) in [6, 6.07) is 0. The number of rotatable bonds is 0. The molecule has 17 heavy (non-hydrogen) atoms. The number of hydrogen-bond acceptors (Lipinski definition) is 2. The topological polar surface area (TPSA) is 29.5 Å². The molecule has 1 aliphatic heterocycles. The molecule has 0 atom stereocenters. The molecule has 98 valence electrons. The third-order valence-corrected chi connectivity index (χ3v) is 2.94.